The van der Waals surface area contributed by atoms with Crippen LogP contribution in [-0.4, -0.2) is 0 Å². The molecule has 0 fully saturated rings. The smallest absolute Gasteiger partial charge is 0.0714 e. The summed E-state index contributed by atoms with van der Waals surface area (Å²) in [6.07, 6.45) is 0. The highest BCUT2D eigenvalue weighted by Crippen LogP contribution is 2.58. The van der Waals surface area contributed by atoms with E-state index in [1.54, 1.807) is 0 Å². The summed E-state index contributed by atoms with van der Waals surface area (Å²) in [5, 5.41) is 2.43. The van der Waals surface area contributed by atoms with Gasteiger partial charge in [0.05, 0.1) is 5.41 Å². The minimum Gasteiger partial charge on any atom is -0.310 e. The van der Waals surface area contributed by atoms with Crippen LogP contribution in [0.5, 0.6) is 0 Å². The Hall–Kier alpha value is -7.16. The topological polar surface area (TPSA) is 6.48 Å². The molecule has 0 aliphatic heterocycles. The van der Waals surface area contributed by atoms with Crippen LogP contribution < -0.4 is 9.80 Å². The van der Waals surface area contributed by atoms with Gasteiger partial charge in [-0.3, -0.25) is 0 Å². The van der Waals surface area contributed by atoms with E-state index in [1.807, 2.05) is 0 Å². The number of hydrogen-bond donors (Lipinski definition) is 0. The number of anilines is 6. The molecule has 1 aliphatic rings. The number of aryl methyl sites for hydroxylation is 6. The molecule has 9 aromatic rings. The van der Waals surface area contributed by atoms with Crippen molar-refractivity contribution in [2.24, 2.45) is 0 Å². The van der Waals surface area contributed by atoms with Gasteiger partial charge in [0.2, 0.25) is 0 Å². The summed E-state index contributed by atoms with van der Waals surface area (Å²) in [6, 6.07) is 72.8. The Morgan fingerprint density at radius 3 is 1.26 bits per heavy atom. The SMILES string of the molecule is Cc1ccc(N(c2ccc3c(c2)C(c2ccccc2)(c2ccccc2)c2cc4cc(N(c5ccc(C)cc5)c5ccc(C)cc5C)ccc4cc2-3)c2ccc(C)cc2C)cc1. The number of fused-ring (bicyclic) bond motifs is 4. The fourth-order valence-corrected chi connectivity index (χ4v) is 9.84. The molecule has 0 saturated carbocycles. The summed E-state index contributed by atoms with van der Waals surface area (Å²) in [5.41, 5.74) is 21.4. The maximum Gasteiger partial charge on any atom is 0.0714 e. The van der Waals surface area contributed by atoms with E-state index in [4.69, 9.17) is 0 Å². The highest BCUT2D eigenvalue weighted by atomic mass is 15.1. The first-order valence-corrected chi connectivity index (χ1v) is 21.4. The second-order valence-corrected chi connectivity index (χ2v) is 17.1. The number of hydrogen-bond acceptors (Lipinski definition) is 2. The third kappa shape index (κ3) is 6.51. The van der Waals surface area contributed by atoms with Gasteiger partial charge in [-0.05, 0) is 170 Å². The Bertz CT molecular complexity index is 3030. The van der Waals surface area contributed by atoms with Gasteiger partial charge < -0.3 is 9.80 Å². The molecule has 10 rings (SSSR count). The standard InChI is InChI=1S/C59H50N2/c1-39-17-24-49(25-18-39)60(57-31-21-41(3)33-43(57)5)51-28-23-45-36-54-53-30-29-52(61(50-26-19-40(2)20-27-50)58-32-22-42(4)34-44(58)6)38-56(53)59(47-13-9-7-10-14-47,48-15-11-8-12-16-48)55(54)37-46(45)35-51/h7-38H,1-6H3. The van der Waals surface area contributed by atoms with E-state index in [0.717, 1.165) is 22.7 Å². The number of rotatable bonds is 8. The van der Waals surface area contributed by atoms with Gasteiger partial charge in [-0.25, -0.2) is 0 Å². The summed E-state index contributed by atoms with van der Waals surface area (Å²) in [5.74, 6) is 0. The molecule has 0 bridgehead atoms. The first-order valence-electron chi connectivity index (χ1n) is 21.4. The predicted octanol–water partition coefficient (Wildman–Crippen LogP) is 16.0. The van der Waals surface area contributed by atoms with Gasteiger partial charge in [0, 0.05) is 34.1 Å². The third-order valence-electron chi connectivity index (χ3n) is 12.8. The molecular weight excluding hydrogens is 737 g/mol. The molecule has 9 aromatic carbocycles. The van der Waals surface area contributed by atoms with Crippen LogP contribution in [-0.2, 0) is 5.41 Å². The molecule has 0 unspecified atom stereocenters. The maximum absolute atomic E-state index is 2.49. The van der Waals surface area contributed by atoms with E-state index in [-0.39, 0.29) is 0 Å². The lowest BCUT2D eigenvalue weighted by molar-refractivity contribution is 0.769. The summed E-state index contributed by atoms with van der Waals surface area (Å²) >= 11 is 0. The van der Waals surface area contributed by atoms with Crippen molar-refractivity contribution >= 4 is 44.9 Å². The molecule has 1 aliphatic carbocycles. The first-order chi connectivity index (χ1) is 29.7. The van der Waals surface area contributed by atoms with E-state index in [0.29, 0.717) is 0 Å². The Kier molecular flexibility index (Phi) is 9.45. The lowest BCUT2D eigenvalue weighted by atomic mass is 9.67. The van der Waals surface area contributed by atoms with Gasteiger partial charge in [0.15, 0.2) is 0 Å². The van der Waals surface area contributed by atoms with Gasteiger partial charge in [-0.2, -0.15) is 0 Å². The normalized spacial score (nSPS) is 12.6. The molecule has 296 valence electrons. The summed E-state index contributed by atoms with van der Waals surface area (Å²) in [7, 11) is 0. The lowest BCUT2D eigenvalue weighted by Crippen LogP contribution is -2.28. The second-order valence-electron chi connectivity index (χ2n) is 17.1. The Morgan fingerprint density at radius 2 is 0.754 bits per heavy atom. The van der Waals surface area contributed by atoms with Crippen molar-refractivity contribution in [3.8, 4) is 11.1 Å². The second kappa shape index (κ2) is 15.1. The van der Waals surface area contributed by atoms with Crippen LogP contribution in [0.15, 0.2) is 194 Å². The molecule has 0 amide bonds. The van der Waals surface area contributed by atoms with Crippen LogP contribution in [0.25, 0.3) is 21.9 Å². The molecule has 0 spiro atoms. The largest absolute Gasteiger partial charge is 0.310 e. The predicted molar refractivity (Wildman–Crippen MR) is 259 cm³/mol. The fourth-order valence-electron chi connectivity index (χ4n) is 9.84. The van der Waals surface area contributed by atoms with E-state index in [2.05, 4.69) is 245 Å². The van der Waals surface area contributed by atoms with Gasteiger partial charge in [-0.15, -0.1) is 0 Å². The van der Waals surface area contributed by atoms with Gasteiger partial charge in [-0.1, -0.05) is 144 Å². The van der Waals surface area contributed by atoms with E-state index in [9.17, 15) is 0 Å². The molecule has 0 atom stereocenters. The Morgan fingerprint density at radius 1 is 0.311 bits per heavy atom. The molecule has 61 heavy (non-hydrogen) atoms. The monoisotopic (exact) mass is 786 g/mol. The average molecular weight is 787 g/mol. The molecule has 0 heterocycles. The van der Waals surface area contributed by atoms with Gasteiger partial charge in [0.25, 0.3) is 0 Å². The summed E-state index contributed by atoms with van der Waals surface area (Å²) in [6.45, 7) is 13.1. The highest BCUT2D eigenvalue weighted by Gasteiger charge is 2.46. The molecule has 0 saturated heterocycles. The molecule has 0 radical (unpaired) electrons. The molecule has 0 aromatic heterocycles. The van der Waals surface area contributed by atoms with Crippen molar-refractivity contribution in [1.29, 1.82) is 0 Å². The van der Waals surface area contributed by atoms with Crippen LogP contribution >= 0.6 is 0 Å². The van der Waals surface area contributed by atoms with Crippen LogP contribution in [0.1, 0.15) is 55.6 Å². The minimum atomic E-state index is -0.584. The first kappa shape index (κ1) is 38.1. The minimum absolute atomic E-state index is 0.584. The molecular formula is C59H50N2. The van der Waals surface area contributed by atoms with E-state index < -0.39 is 5.41 Å². The average Bonchev–Trinajstić information content (AvgIpc) is 3.55. The van der Waals surface area contributed by atoms with Crippen molar-refractivity contribution in [1.82, 2.24) is 0 Å². The Labute approximate surface area is 361 Å². The zero-order valence-corrected chi connectivity index (χ0v) is 35.9. The molecule has 2 heteroatoms. The zero-order chi connectivity index (χ0) is 41.8. The van der Waals surface area contributed by atoms with Gasteiger partial charge >= 0.3 is 0 Å². The zero-order valence-electron chi connectivity index (χ0n) is 35.9. The maximum atomic E-state index is 2.49. The summed E-state index contributed by atoms with van der Waals surface area (Å²) < 4.78 is 0. The van der Waals surface area contributed by atoms with Crippen molar-refractivity contribution in [2.45, 2.75) is 47.0 Å². The van der Waals surface area contributed by atoms with Crippen molar-refractivity contribution in [3.05, 3.63) is 250 Å². The number of benzene rings is 9. The highest BCUT2D eigenvalue weighted by molar-refractivity contribution is 5.99. The van der Waals surface area contributed by atoms with E-state index in [1.165, 1.54) is 88.9 Å². The summed E-state index contributed by atoms with van der Waals surface area (Å²) in [4.78, 5) is 4.85. The van der Waals surface area contributed by atoms with E-state index >= 15 is 0 Å². The molecule has 0 N–H and O–H groups in total. The molecule has 2 nitrogen and oxygen atoms in total. The van der Waals surface area contributed by atoms with Crippen molar-refractivity contribution in [3.63, 3.8) is 0 Å². The van der Waals surface area contributed by atoms with Crippen LogP contribution in [0.4, 0.5) is 34.1 Å². The van der Waals surface area contributed by atoms with Crippen LogP contribution in [0.2, 0.25) is 0 Å². The van der Waals surface area contributed by atoms with Crippen molar-refractivity contribution < 1.29 is 0 Å². The third-order valence-corrected chi connectivity index (χ3v) is 12.8. The van der Waals surface area contributed by atoms with Gasteiger partial charge in [0.1, 0.15) is 0 Å². The van der Waals surface area contributed by atoms with Crippen LogP contribution in [0.3, 0.4) is 0 Å². The quantitative estimate of drug-likeness (QED) is 0.151. The van der Waals surface area contributed by atoms with Crippen molar-refractivity contribution in [2.75, 3.05) is 9.80 Å². The number of nitrogens with zero attached hydrogens (tertiary/aromatic N) is 2. The van der Waals surface area contributed by atoms with Crippen LogP contribution in [0, 0.1) is 41.5 Å². The lowest BCUT2D eigenvalue weighted by Gasteiger charge is -2.35. The fraction of sp³-hybridized carbons (Fsp3) is 0.119. The Balaban J connectivity index is 1.24.